The highest BCUT2D eigenvalue weighted by atomic mass is 79.9. The molecule has 0 radical (unpaired) electrons. The van der Waals surface area contributed by atoms with Crippen LogP contribution in [0.2, 0.25) is 0 Å². The fraction of sp³-hybridized carbons (Fsp3) is 0.625. The van der Waals surface area contributed by atoms with Crippen LogP contribution in [0.15, 0.2) is 22.7 Å². The van der Waals surface area contributed by atoms with Crippen LogP contribution in [0, 0.1) is 0 Å². The van der Waals surface area contributed by atoms with Crippen LogP contribution in [-0.4, -0.2) is 38.5 Å². The van der Waals surface area contributed by atoms with Crippen LogP contribution in [0.5, 0.6) is 11.5 Å². The Hall–Kier alpha value is -0.780. The van der Waals surface area contributed by atoms with Gasteiger partial charge in [-0.15, -0.1) is 0 Å². The fourth-order valence-electron chi connectivity index (χ4n) is 2.55. The van der Waals surface area contributed by atoms with E-state index in [4.69, 9.17) is 14.2 Å². The highest BCUT2D eigenvalue weighted by Crippen LogP contribution is 2.30. The molecule has 0 bridgehead atoms. The minimum atomic E-state index is 0.199. The zero-order valence-electron chi connectivity index (χ0n) is 12.3. The average molecular weight is 356 g/mol. The van der Waals surface area contributed by atoms with Crippen LogP contribution in [-0.2, 0) is 4.74 Å². The topological polar surface area (TPSA) is 39.7 Å². The van der Waals surface area contributed by atoms with Crippen LogP contribution in [0.4, 0.5) is 0 Å². The molecule has 1 saturated carbocycles. The van der Waals surface area contributed by atoms with E-state index in [1.807, 2.05) is 18.2 Å². The summed E-state index contributed by atoms with van der Waals surface area (Å²) in [7, 11) is 1.66. The summed E-state index contributed by atoms with van der Waals surface area (Å²) >= 11 is 3.50. The van der Waals surface area contributed by atoms with Crippen molar-refractivity contribution in [1.82, 2.24) is 5.32 Å². The highest BCUT2D eigenvalue weighted by Gasteiger charge is 2.28. The Kier molecular flexibility index (Phi) is 5.03. The molecule has 2 atom stereocenters. The summed E-state index contributed by atoms with van der Waals surface area (Å²) in [5, 5.41) is 3.53. The Balaban J connectivity index is 1.42. The molecular formula is C16H22BrNO3. The SMILES string of the molecule is COc1ccc(OCC2CCC(CNC3CC3)O2)c(Br)c1. The van der Waals surface area contributed by atoms with Gasteiger partial charge < -0.3 is 19.5 Å². The third-order valence-corrected chi connectivity index (χ3v) is 4.59. The van der Waals surface area contributed by atoms with Crippen molar-refractivity contribution < 1.29 is 14.2 Å². The fourth-order valence-corrected chi connectivity index (χ4v) is 3.02. The number of halogens is 1. The molecule has 1 aliphatic carbocycles. The standard InChI is InChI=1S/C16H22BrNO3/c1-19-12-6-7-16(15(17)8-12)20-10-14-5-4-13(21-14)9-18-11-2-3-11/h6-8,11,13-14,18H,2-5,9-10H2,1H3. The van der Waals surface area contributed by atoms with E-state index in [0.29, 0.717) is 12.7 Å². The summed E-state index contributed by atoms with van der Waals surface area (Å²) in [6.45, 7) is 1.58. The number of hydrogen-bond donors (Lipinski definition) is 1. The Labute approximate surface area is 134 Å². The first-order chi connectivity index (χ1) is 10.2. The van der Waals surface area contributed by atoms with Gasteiger partial charge in [0.15, 0.2) is 0 Å². The lowest BCUT2D eigenvalue weighted by molar-refractivity contribution is 0.0183. The maximum Gasteiger partial charge on any atom is 0.133 e. The summed E-state index contributed by atoms with van der Waals surface area (Å²) in [5.41, 5.74) is 0. The van der Waals surface area contributed by atoms with Crippen molar-refractivity contribution in [2.45, 2.75) is 43.9 Å². The normalized spacial score (nSPS) is 25.0. The summed E-state index contributed by atoms with van der Waals surface area (Å²) < 4.78 is 18.0. The number of nitrogens with one attached hydrogen (secondary N) is 1. The number of ether oxygens (including phenoxy) is 3. The van der Waals surface area contributed by atoms with Gasteiger partial charge in [-0.05, 0) is 59.8 Å². The summed E-state index contributed by atoms with van der Waals surface area (Å²) in [5.74, 6) is 1.65. The van der Waals surface area contributed by atoms with Gasteiger partial charge in [-0.25, -0.2) is 0 Å². The van der Waals surface area contributed by atoms with Gasteiger partial charge >= 0.3 is 0 Å². The molecule has 2 fully saturated rings. The number of benzene rings is 1. The molecule has 0 spiro atoms. The molecule has 1 aromatic carbocycles. The molecule has 1 aromatic rings. The van der Waals surface area contributed by atoms with Crippen LogP contribution in [0.25, 0.3) is 0 Å². The molecule has 21 heavy (non-hydrogen) atoms. The molecule has 2 aliphatic rings. The molecule has 0 aromatic heterocycles. The molecule has 5 heteroatoms. The van der Waals surface area contributed by atoms with Gasteiger partial charge in [-0.1, -0.05) is 0 Å². The summed E-state index contributed by atoms with van der Waals surface area (Å²) in [6, 6.07) is 6.48. The summed E-state index contributed by atoms with van der Waals surface area (Å²) in [6.07, 6.45) is 5.39. The van der Waals surface area contributed by atoms with Crippen LogP contribution in [0.3, 0.4) is 0 Å². The zero-order valence-corrected chi connectivity index (χ0v) is 13.9. The second-order valence-electron chi connectivity index (χ2n) is 5.75. The van der Waals surface area contributed by atoms with Crippen molar-refractivity contribution in [3.63, 3.8) is 0 Å². The van der Waals surface area contributed by atoms with E-state index in [0.717, 1.165) is 41.4 Å². The first-order valence-corrected chi connectivity index (χ1v) is 8.39. The predicted molar refractivity (Wildman–Crippen MR) is 85.1 cm³/mol. The smallest absolute Gasteiger partial charge is 0.133 e. The maximum atomic E-state index is 6.02. The van der Waals surface area contributed by atoms with E-state index in [9.17, 15) is 0 Å². The third-order valence-electron chi connectivity index (χ3n) is 3.97. The van der Waals surface area contributed by atoms with E-state index in [1.54, 1.807) is 7.11 Å². The molecule has 1 saturated heterocycles. The molecule has 1 heterocycles. The maximum absolute atomic E-state index is 6.02. The lowest BCUT2D eigenvalue weighted by Gasteiger charge is -2.16. The van der Waals surface area contributed by atoms with Crippen molar-refractivity contribution in [3.8, 4) is 11.5 Å². The van der Waals surface area contributed by atoms with E-state index >= 15 is 0 Å². The molecule has 2 unspecified atom stereocenters. The largest absolute Gasteiger partial charge is 0.497 e. The van der Waals surface area contributed by atoms with E-state index in [-0.39, 0.29) is 6.10 Å². The molecule has 4 nitrogen and oxygen atoms in total. The molecule has 116 valence electrons. The second kappa shape index (κ2) is 6.99. The third kappa shape index (κ3) is 4.34. The molecule has 1 aliphatic heterocycles. The zero-order chi connectivity index (χ0) is 14.7. The van der Waals surface area contributed by atoms with Crippen LogP contribution in [0.1, 0.15) is 25.7 Å². The Morgan fingerprint density at radius 1 is 1.24 bits per heavy atom. The van der Waals surface area contributed by atoms with Crippen molar-refractivity contribution in [2.24, 2.45) is 0 Å². The number of hydrogen-bond acceptors (Lipinski definition) is 4. The quantitative estimate of drug-likeness (QED) is 0.815. The lowest BCUT2D eigenvalue weighted by atomic mass is 10.2. The van der Waals surface area contributed by atoms with Gasteiger partial charge in [0, 0.05) is 12.6 Å². The van der Waals surface area contributed by atoms with Crippen molar-refractivity contribution in [3.05, 3.63) is 22.7 Å². The van der Waals surface area contributed by atoms with E-state index in [1.165, 1.54) is 12.8 Å². The number of methoxy groups -OCH3 is 1. The van der Waals surface area contributed by atoms with E-state index < -0.39 is 0 Å². The lowest BCUT2D eigenvalue weighted by Crippen LogP contribution is -2.29. The summed E-state index contributed by atoms with van der Waals surface area (Å²) in [4.78, 5) is 0. The van der Waals surface area contributed by atoms with Gasteiger partial charge in [0.05, 0.1) is 23.8 Å². The molecule has 1 N–H and O–H groups in total. The van der Waals surface area contributed by atoms with Gasteiger partial charge in [0.1, 0.15) is 18.1 Å². The van der Waals surface area contributed by atoms with E-state index in [2.05, 4.69) is 21.2 Å². The number of rotatable bonds is 7. The molecule has 0 amide bonds. The first kappa shape index (κ1) is 15.1. The highest BCUT2D eigenvalue weighted by molar-refractivity contribution is 9.10. The van der Waals surface area contributed by atoms with Crippen molar-refractivity contribution in [1.29, 1.82) is 0 Å². The Morgan fingerprint density at radius 3 is 2.76 bits per heavy atom. The Bertz CT molecular complexity index is 479. The van der Waals surface area contributed by atoms with Gasteiger partial charge in [-0.3, -0.25) is 0 Å². The minimum Gasteiger partial charge on any atom is -0.497 e. The minimum absolute atomic E-state index is 0.199. The first-order valence-electron chi connectivity index (χ1n) is 7.60. The average Bonchev–Trinajstić information content (AvgIpc) is 3.22. The van der Waals surface area contributed by atoms with Crippen LogP contribution < -0.4 is 14.8 Å². The van der Waals surface area contributed by atoms with Crippen LogP contribution >= 0.6 is 15.9 Å². The van der Waals surface area contributed by atoms with Gasteiger partial charge in [-0.2, -0.15) is 0 Å². The Morgan fingerprint density at radius 2 is 2.05 bits per heavy atom. The van der Waals surface area contributed by atoms with Crippen molar-refractivity contribution in [2.75, 3.05) is 20.3 Å². The predicted octanol–water partition coefficient (Wildman–Crippen LogP) is 3.14. The van der Waals surface area contributed by atoms with Gasteiger partial charge in [0.25, 0.3) is 0 Å². The monoisotopic (exact) mass is 355 g/mol. The molecule has 3 rings (SSSR count). The van der Waals surface area contributed by atoms with Crippen molar-refractivity contribution >= 4 is 15.9 Å². The molecular weight excluding hydrogens is 334 g/mol. The second-order valence-corrected chi connectivity index (χ2v) is 6.60. The van der Waals surface area contributed by atoms with Gasteiger partial charge in [0.2, 0.25) is 0 Å².